The quantitative estimate of drug-likeness (QED) is 0.0355. The van der Waals surface area contributed by atoms with Crippen LogP contribution in [0.3, 0.4) is 0 Å². The van der Waals surface area contributed by atoms with E-state index in [0.717, 1.165) is 38.5 Å². The lowest BCUT2D eigenvalue weighted by molar-refractivity contribution is 0.185. The Kier molecular flexibility index (Phi) is 17.2. The summed E-state index contributed by atoms with van der Waals surface area (Å²) in [6, 6.07) is 19.3. The molecule has 0 aliphatic rings. The van der Waals surface area contributed by atoms with Crippen molar-refractivity contribution in [2.75, 3.05) is 31.6 Å². The van der Waals surface area contributed by atoms with Gasteiger partial charge in [0.1, 0.15) is 11.6 Å². The summed E-state index contributed by atoms with van der Waals surface area (Å²) in [4.78, 5) is 57.5. The molecule has 0 fully saturated rings. The number of aryl methyl sites for hydroxylation is 4. The molecule has 0 spiro atoms. The fourth-order valence-corrected chi connectivity index (χ4v) is 7.21. The number of fused-ring (bicyclic) bond motifs is 2. The zero-order chi connectivity index (χ0) is 42.5. The van der Waals surface area contributed by atoms with E-state index in [2.05, 4.69) is 37.7 Å². The molecule has 0 saturated carbocycles. The molecule has 4 aromatic carbocycles. The normalized spacial score (nSPS) is 10.6. The third kappa shape index (κ3) is 12.8. The van der Waals surface area contributed by atoms with Crippen LogP contribution in [0.5, 0.6) is 0 Å². The van der Waals surface area contributed by atoms with Crippen molar-refractivity contribution in [3.8, 4) is 0 Å². The largest absolute Gasteiger partial charge is 0.395 e. The minimum Gasteiger partial charge on any atom is -0.395 e. The Hall–Kier alpha value is -4.85. The smallest absolute Gasteiger partial charge is 0.322 e. The number of pyridine rings is 2. The number of hydrogen-bond donors (Lipinski definition) is 6. The van der Waals surface area contributed by atoms with Gasteiger partial charge >= 0.3 is 6.03 Å². The van der Waals surface area contributed by atoms with E-state index in [4.69, 9.17) is 5.11 Å². The Labute approximate surface area is 360 Å². The van der Waals surface area contributed by atoms with Crippen molar-refractivity contribution in [2.45, 2.75) is 40.8 Å². The lowest BCUT2D eigenvalue weighted by Crippen LogP contribution is -2.38. The number of isocyanates is 1. The van der Waals surface area contributed by atoms with E-state index in [1.807, 2.05) is 91.1 Å². The molecule has 2 amide bonds. The second-order valence-corrected chi connectivity index (χ2v) is 15.6. The summed E-state index contributed by atoms with van der Waals surface area (Å²) in [6.45, 7) is 8.81. The Bertz CT molecular complexity index is 2590. The molecule has 12 nitrogen and oxygen atoms in total. The van der Waals surface area contributed by atoms with Crippen molar-refractivity contribution < 1.29 is 28.6 Å². The number of aliphatic hydroxyl groups excluding tert-OH is 2. The van der Waals surface area contributed by atoms with Gasteiger partial charge in [-0.15, -0.1) is 0 Å². The van der Waals surface area contributed by atoms with Gasteiger partial charge in [-0.3, -0.25) is 9.59 Å². The highest BCUT2D eigenvalue weighted by Gasteiger charge is 2.18. The molecule has 0 aliphatic carbocycles. The van der Waals surface area contributed by atoms with Crippen LogP contribution >= 0.6 is 45.2 Å². The molecule has 2 aromatic heterocycles. The molecule has 16 heteroatoms. The Balaban J connectivity index is 0.000000217. The summed E-state index contributed by atoms with van der Waals surface area (Å²) in [5.41, 5.74) is 7.64. The number of hydrogen-bond acceptors (Lipinski definition) is 8. The highest BCUT2D eigenvalue weighted by atomic mass is 127. The van der Waals surface area contributed by atoms with Gasteiger partial charge in [-0.2, -0.15) is 4.99 Å². The first-order chi connectivity index (χ1) is 27.6. The number of nitrogens with one attached hydrogen (secondary N) is 4. The van der Waals surface area contributed by atoms with Gasteiger partial charge in [-0.25, -0.2) is 18.4 Å². The van der Waals surface area contributed by atoms with Crippen molar-refractivity contribution in [3.63, 3.8) is 0 Å². The maximum atomic E-state index is 13.3. The molecular weight excluding hydrogens is 976 g/mol. The van der Waals surface area contributed by atoms with Crippen LogP contribution in [0.4, 0.5) is 25.0 Å². The summed E-state index contributed by atoms with van der Waals surface area (Å²) in [5.74, 6) is -0.729. The number of amides is 2. The molecular formula is C42H42F2I2N6O6. The number of benzene rings is 4. The van der Waals surface area contributed by atoms with E-state index in [0.29, 0.717) is 42.7 Å². The average Bonchev–Trinajstić information content (AvgIpc) is 3.15. The summed E-state index contributed by atoms with van der Waals surface area (Å²) in [5, 5.41) is 25.7. The SMILES string of the molecule is Cc1cc(C)c2[nH]c(=O)c(CN(CCO)C(=O)Nc3ccc(F)cc3I)cc2c1.Cc1cc(C)c2[nH]c(=O)c(CNCCO)cc2c1.O=C=Nc1ccc(F)cc1I. The number of anilines is 1. The third-order valence-corrected chi connectivity index (χ3v) is 10.4. The fraction of sp³-hybridized carbons (Fsp3) is 0.238. The molecule has 58 heavy (non-hydrogen) atoms. The molecule has 0 saturated heterocycles. The van der Waals surface area contributed by atoms with E-state index < -0.39 is 11.8 Å². The number of carbonyl (C=O) groups is 1. The first kappa shape index (κ1) is 45.8. The van der Waals surface area contributed by atoms with Crippen molar-refractivity contribution in [1.29, 1.82) is 0 Å². The van der Waals surface area contributed by atoms with Gasteiger partial charge in [-0.1, -0.05) is 23.3 Å². The van der Waals surface area contributed by atoms with Gasteiger partial charge in [0.15, 0.2) is 0 Å². The maximum absolute atomic E-state index is 13.3. The van der Waals surface area contributed by atoms with Crippen LogP contribution in [0.25, 0.3) is 21.8 Å². The van der Waals surface area contributed by atoms with Crippen molar-refractivity contribution in [3.05, 3.63) is 146 Å². The second-order valence-electron chi connectivity index (χ2n) is 13.2. The Morgan fingerprint density at radius 1 is 0.776 bits per heavy atom. The number of aromatic amines is 2. The van der Waals surface area contributed by atoms with E-state index >= 15 is 0 Å². The molecule has 0 bridgehead atoms. The lowest BCUT2D eigenvalue weighted by Gasteiger charge is -2.22. The van der Waals surface area contributed by atoms with Crippen molar-refractivity contribution in [1.82, 2.24) is 20.2 Å². The molecule has 0 atom stereocenters. The first-order valence-electron chi connectivity index (χ1n) is 17.9. The van der Waals surface area contributed by atoms with Crippen LogP contribution in [0.2, 0.25) is 0 Å². The van der Waals surface area contributed by atoms with Crippen LogP contribution in [0, 0.1) is 46.5 Å². The predicted octanol–water partition coefficient (Wildman–Crippen LogP) is 7.54. The minimum atomic E-state index is -0.483. The van der Waals surface area contributed by atoms with Crippen LogP contribution in [0.1, 0.15) is 33.4 Å². The van der Waals surface area contributed by atoms with Crippen molar-refractivity contribution in [2.24, 2.45) is 4.99 Å². The zero-order valence-electron chi connectivity index (χ0n) is 32.1. The predicted molar refractivity (Wildman–Crippen MR) is 239 cm³/mol. The van der Waals surface area contributed by atoms with Crippen molar-refractivity contribution >= 4 is 90.5 Å². The molecule has 0 aliphatic heterocycles. The second kappa shape index (κ2) is 21.8. The monoisotopic (exact) mass is 1020 g/mol. The number of urea groups is 1. The number of H-pyrrole nitrogens is 2. The van der Waals surface area contributed by atoms with Crippen LogP contribution in [0.15, 0.2) is 87.4 Å². The molecule has 0 radical (unpaired) electrons. The van der Waals surface area contributed by atoms with Gasteiger partial charge in [0.05, 0.1) is 42.2 Å². The van der Waals surface area contributed by atoms with Crippen LogP contribution in [-0.2, 0) is 17.9 Å². The molecule has 6 rings (SSSR count). The lowest BCUT2D eigenvalue weighted by atomic mass is 10.1. The summed E-state index contributed by atoms with van der Waals surface area (Å²) >= 11 is 3.83. The molecule has 304 valence electrons. The molecule has 2 heterocycles. The Morgan fingerprint density at radius 3 is 1.86 bits per heavy atom. The van der Waals surface area contributed by atoms with Gasteiger partial charge in [0.25, 0.3) is 11.1 Å². The van der Waals surface area contributed by atoms with E-state index in [9.17, 15) is 33.1 Å². The van der Waals surface area contributed by atoms with E-state index in [1.165, 1.54) is 52.9 Å². The van der Waals surface area contributed by atoms with Crippen LogP contribution in [-0.4, -0.2) is 63.5 Å². The molecule has 6 aromatic rings. The minimum absolute atomic E-state index is 0.0302. The Morgan fingerprint density at radius 2 is 1.33 bits per heavy atom. The number of aromatic nitrogens is 2. The van der Waals surface area contributed by atoms with E-state index in [-0.39, 0.29) is 43.2 Å². The first-order valence-corrected chi connectivity index (χ1v) is 20.0. The highest BCUT2D eigenvalue weighted by molar-refractivity contribution is 14.1. The number of rotatable bonds is 10. The summed E-state index contributed by atoms with van der Waals surface area (Å²) < 4.78 is 26.9. The number of nitrogens with zero attached hydrogens (tertiary/aromatic N) is 2. The van der Waals surface area contributed by atoms with E-state index in [1.54, 1.807) is 6.07 Å². The number of aliphatic hydroxyl groups is 2. The number of halogens is 4. The summed E-state index contributed by atoms with van der Waals surface area (Å²) in [6.07, 6.45) is 1.39. The highest BCUT2D eigenvalue weighted by Crippen LogP contribution is 2.23. The average molecular weight is 1020 g/mol. The standard InChI is InChI=1S/C21H21FIN3O3.C14H18N2O2.C7H3FINO/c1-12-7-13(2)19-14(8-12)9-15(20(28)25-19)11-26(5-6-27)21(29)24-18-4-3-16(22)10-17(18)23;1-9-5-10(2)13-11(6-9)7-12(14(18)16-13)8-15-3-4-17;8-5-1-2-7(10-4-11)6(9)3-5/h3-4,7-10,27H,5-6,11H2,1-2H3,(H,24,29)(H,25,28);5-7,15,17H,3-4,8H2,1-2H3,(H,16,18);1-3H. The fourth-order valence-electron chi connectivity index (χ4n) is 6.00. The molecule has 0 unspecified atom stereocenters. The number of aliphatic imine (C=N–C) groups is 1. The van der Waals surface area contributed by atoms with Gasteiger partial charge in [0, 0.05) is 37.9 Å². The van der Waals surface area contributed by atoms with Crippen LogP contribution < -0.4 is 21.8 Å². The third-order valence-electron chi connectivity index (χ3n) is 8.61. The molecule has 6 N–H and O–H groups in total. The van der Waals surface area contributed by atoms with Gasteiger partial charge < -0.3 is 35.7 Å². The zero-order valence-corrected chi connectivity index (χ0v) is 36.4. The van der Waals surface area contributed by atoms with Gasteiger partial charge in [0.2, 0.25) is 6.08 Å². The topological polar surface area (TPSA) is 180 Å². The van der Waals surface area contributed by atoms with Gasteiger partial charge in [-0.05, 0) is 155 Å². The maximum Gasteiger partial charge on any atom is 0.322 e. The number of carbonyl (C=O) groups excluding carboxylic acids is 2. The summed E-state index contributed by atoms with van der Waals surface area (Å²) in [7, 11) is 0.